The van der Waals surface area contributed by atoms with Gasteiger partial charge < -0.3 is 15.8 Å². The lowest BCUT2D eigenvalue weighted by molar-refractivity contribution is 0.321. The van der Waals surface area contributed by atoms with E-state index in [9.17, 15) is 4.39 Å². The molecule has 0 saturated heterocycles. The normalized spacial score (nSPS) is 12.4. The van der Waals surface area contributed by atoms with E-state index in [1.807, 2.05) is 19.9 Å². The maximum Gasteiger partial charge on any atom is 0.165 e. The summed E-state index contributed by atoms with van der Waals surface area (Å²) in [5, 5.41) is 3.29. The Bertz CT molecular complexity index is 356. The Labute approximate surface area is 109 Å². The Morgan fingerprint density at radius 1 is 1.39 bits per heavy atom. The second-order valence-corrected chi connectivity index (χ2v) is 4.46. The molecule has 0 spiro atoms. The van der Waals surface area contributed by atoms with Gasteiger partial charge in [0.05, 0.1) is 6.61 Å². The number of hydrogen-bond acceptors (Lipinski definition) is 3. The first-order valence-electron chi connectivity index (χ1n) is 6.51. The minimum Gasteiger partial charge on any atom is -0.491 e. The van der Waals surface area contributed by atoms with Crippen LogP contribution in [0.5, 0.6) is 5.75 Å². The van der Waals surface area contributed by atoms with Gasteiger partial charge in [-0.3, -0.25) is 0 Å². The molecule has 18 heavy (non-hydrogen) atoms. The molecule has 1 aromatic rings. The van der Waals surface area contributed by atoms with Crippen molar-refractivity contribution >= 4 is 0 Å². The molecule has 3 nitrogen and oxygen atoms in total. The summed E-state index contributed by atoms with van der Waals surface area (Å²) in [6, 6.07) is 5.36. The maximum absolute atomic E-state index is 13.6. The molecule has 102 valence electrons. The minimum absolute atomic E-state index is 0.223. The lowest BCUT2D eigenvalue weighted by atomic mass is 10.1. The molecule has 0 aromatic heterocycles. The van der Waals surface area contributed by atoms with Crippen molar-refractivity contribution in [1.82, 2.24) is 5.32 Å². The average molecular weight is 254 g/mol. The van der Waals surface area contributed by atoms with E-state index in [-0.39, 0.29) is 11.9 Å². The molecule has 3 N–H and O–H groups in total. The number of hydrogen-bond donors (Lipinski definition) is 2. The first-order chi connectivity index (χ1) is 8.63. The Morgan fingerprint density at radius 2 is 2.17 bits per heavy atom. The molecule has 0 aliphatic carbocycles. The predicted molar refractivity (Wildman–Crippen MR) is 72.4 cm³/mol. The summed E-state index contributed by atoms with van der Waals surface area (Å²) in [5.41, 5.74) is 6.62. The zero-order valence-corrected chi connectivity index (χ0v) is 11.2. The fourth-order valence-electron chi connectivity index (χ4n) is 1.66. The van der Waals surface area contributed by atoms with Crippen LogP contribution in [0.25, 0.3) is 0 Å². The minimum atomic E-state index is -0.287. The third-order valence-electron chi connectivity index (χ3n) is 2.66. The standard InChI is InChI=1S/C14H23FN2O/c1-3-18-14-5-4-12(10-13(14)15)7-9-17-8-6-11(2)16/h4-5,10-11,17H,3,6-9,16H2,1-2H3. The second-order valence-electron chi connectivity index (χ2n) is 4.46. The van der Waals surface area contributed by atoms with Crippen molar-refractivity contribution in [2.75, 3.05) is 19.7 Å². The number of halogens is 1. The van der Waals surface area contributed by atoms with Crippen LogP contribution in [0.2, 0.25) is 0 Å². The highest BCUT2D eigenvalue weighted by Crippen LogP contribution is 2.18. The van der Waals surface area contributed by atoms with Gasteiger partial charge in [0.1, 0.15) is 0 Å². The van der Waals surface area contributed by atoms with E-state index in [0.29, 0.717) is 12.4 Å². The van der Waals surface area contributed by atoms with Crippen molar-refractivity contribution < 1.29 is 9.13 Å². The number of nitrogens with one attached hydrogen (secondary N) is 1. The van der Waals surface area contributed by atoms with Crippen LogP contribution < -0.4 is 15.8 Å². The molecule has 4 heteroatoms. The molecule has 0 aliphatic rings. The van der Waals surface area contributed by atoms with Gasteiger partial charge in [0, 0.05) is 6.04 Å². The van der Waals surface area contributed by atoms with Gasteiger partial charge >= 0.3 is 0 Å². The average Bonchev–Trinajstić information content (AvgIpc) is 2.32. The highest BCUT2D eigenvalue weighted by atomic mass is 19.1. The van der Waals surface area contributed by atoms with Gasteiger partial charge in [-0.15, -0.1) is 0 Å². The van der Waals surface area contributed by atoms with Crippen LogP contribution in [-0.4, -0.2) is 25.7 Å². The monoisotopic (exact) mass is 254 g/mol. The van der Waals surface area contributed by atoms with Crippen LogP contribution >= 0.6 is 0 Å². The SMILES string of the molecule is CCOc1ccc(CCNCCC(C)N)cc1F. The predicted octanol–water partition coefficient (Wildman–Crippen LogP) is 2.09. The molecular formula is C14H23FN2O. The van der Waals surface area contributed by atoms with Gasteiger partial charge in [-0.1, -0.05) is 6.07 Å². The Morgan fingerprint density at radius 3 is 2.78 bits per heavy atom. The number of benzene rings is 1. The van der Waals surface area contributed by atoms with E-state index >= 15 is 0 Å². The van der Waals surface area contributed by atoms with E-state index in [1.54, 1.807) is 6.07 Å². The molecule has 0 fully saturated rings. The summed E-state index contributed by atoms with van der Waals surface area (Å²) < 4.78 is 18.7. The van der Waals surface area contributed by atoms with E-state index in [0.717, 1.165) is 31.5 Å². The Hall–Kier alpha value is -1.13. The number of rotatable bonds is 8. The van der Waals surface area contributed by atoms with Crippen molar-refractivity contribution in [1.29, 1.82) is 0 Å². The summed E-state index contributed by atoms with van der Waals surface area (Å²) in [6.07, 6.45) is 1.76. The zero-order chi connectivity index (χ0) is 13.4. The van der Waals surface area contributed by atoms with E-state index in [1.165, 1.54) is 6.07 Å². The lowest BCUT2D eigenvalue weighted by Gasteiger charge is -2.08. The van der Waals surface area contributed by atoms with Crippen molar-refractivity contribution in [3.05, 3.63) is 29.6 Å². The van der Waals surface area contributed by atoms with Gasteiger partial charge in [-0.2, -0.15) is 0 Å². The topological polar surface area (TPSA) is 47.3 Å². The van der Waals surface area contributed by atoms with Crippen molar-refractivity contribution in [3.63, 3.8) is 0 Å². The second kappa shape index (κ2) is 8.06. The summed E-state index contributed by atoms with van der Waals surface area (Å²) in [6.45, 7) is 6.05. The maximum atomic E-state index is 13.6. The molecule has 0 heterocycles. The van der Waals surface area contributed by atoms with E-state index in [2.05, 4.69) is 5.32 Å². The van der Waals surface area contributed by atoms with E-state index in [4.69, 9.17) is 10.5 Å². The summed E-state index contributed by atoms with van der Waals surface area (Å²) in [5.74, 6) is 0.0381. The molecule has 1 atom stereocenters. The summed E-state index contributed by atoms with van der Waals surface area (Å²) in [7, 11) is 0. The van der Waals surface area contributed by atoms with Crippen LogP contribution in [0.4, 0.5) is 4.39 Å². The van der Waals surface area contributed by atoms with Crippen LogP contribution in [0, 0.1) is 5.82 Å². The zero-order valence-electron chi connectivity index (χ0n) is 11.2. The third kappa shape index (κ3) is 5.47. The van der Waals surface area contributed by atoms with Crippen LogP contribution in [0.3, 0.4) is 0 Å². The molecular weight excluding hydrogens is 231 g/mol. The smallest absolute Gasteiger partial charge is 0.165 e. The first-order valence-corrected chi connectivity index (χ1v) is 6.51. The first kappa shape index (κ1) is 14.9. The molecule has 0 amide bonds. The fraction of sp³-hybridized carbons (Fsp3) is 0.571. The third-order valence-corrected chi connectivity index (χ3v) is 2.66. The molecule has 0 radical (unpaired) electrons. The number of ether oxygens (including phenoxy) is 1. The van der Waals surface area contributed by atoms with Crippen molar-refractivity contribution in [2.45, 2.75) is 32.7 Å². The fourth-order valence-corrected chi connectivity index (χ4v) is 1.66. The quantitative estimate of drug-likeness (QED) is 0.698. The summed E-state index contributed by atoms with van der Waals surface area (Å²) >= 11 is 0. The van der Waals surface area contributed by atoms with Crippen LogP contribution in [0.1, 0.15) is 25.8 Å². The van der Waals surface area contributed by atoms with Gasteiger partial charge in [0.15, 0.2) is 11.6 Å². The Balaban J connectivity index is 2.32. The highest BCUT2D eigenvalue weighted by molar-refractivity contribution is 5.29. The molecule has 0 saturated carbocycles. The van der Waals surface area contributed by atoms with Crippen LogP contribution in [0.15, 0.2) is 18.2 Å². The molecule has 1 aromatic carbocycles. The van der Waals surface area contributed by atoms with Gasteiger partial charge in [0.25, 0.3) is 0 Å². The number of nitrogens with two attached hydrogens (primary N) is 1. The molecule has 0 bridgehead atoms. The van der Waals surface area contributed by atoms with Gasteiger partial charge in [-0.25, -0.2) is 4.39 Å². The van der Waals surface area contributed by atoms with Gasteiger partial charge in [0.2, 0.25) is 0 Å². The van der Waals surface area contributed by atoms with Crippen molar-refractivity contribution in [2.24, 2.45) is 5.73 Å². The lowest BCUT2D eigenvalue weighted by Crippen LogP contribution is -2.25. The molecule has 1 rings (SSSR count). The summed E-state index contributed by atoms with van der Waals surface area (Å²) in [4.78, 5) is 0. The van der Waals surface area contributed by atoms with Crippen molar-refractivity contribution in [3.8, 4) is 5.75 Å². The Kier molecular flexibility index (Phi) is 6.68. The molecule has 0 aliphatic heterocycles. The van der Waals surface area contributed by atoms with Crippen LogP contribution in [-0.2, 0) is 6.42 Å². The highest BCUT2D eigenvalue weighted by Gasteiger charge is 2.04. The van der Waals surface area contributed by atoms with Gasteiger partial charge in [-0.05, 0) is 57.5 Å². The largest absolute Gasteiger partial charge is 0.491 e. The molecule has 1 unspecified atom stereocenters. The van der Waals surface area contributed by atoms with E-state index < -0.39 is 0 Å².